The maximum absolute atomic E-state index is 11.0. The number of benzene rings is 1. The number of carboxylic acid groups (broad SMARTS) is 1. The number of halogens is 2. The quantitative estimate of drug-likeness (QED) is 0.855. The summed E-state index contributed by atoms with van der Waals surface area (Å²) in [6.45, 7) is 1.97. The van der Waals surface area contributed by atoms with Gasteiger partial charge in [-0.3, -0.25) is 0 Å². The Balaban J connectivity index is 2.22. The maximum atomic E-state index is 11.0. The van der Waals surface area contributed by atoms with Crippen LogP contribution in [0.5, 0.6) is 0 Å². The Morgan fingerprint density at radius 3 is 2.80 bits per heavy atom. The van der Waals surface area contributed by atoms with Gasteiger partial charge in [0.05, 0.1) is 5.02 Å². The first-order valence-corrected chi connectivity index (χ1v) is 7.06. The van der Waals surface area contributed by atoms with Gasteiger partial charge in [-0.05, 0) is 36.8 Å². The summed E-state index contributed by atoms with van der Waals surface area (Å²) in [5.74, 6) is -0.673. The Labute approximate surface area is 129 Å². The summed E-state index contributed by atoms with van der Waals surface area (Å²) in [4.78, 5) is 15.0. The lowest BCUT2D eigenvalue weighted by Crippen LogP contribution is -2.10. The third-order valence-corrected chi connectivity index (χ3v) is 3.56. The van der Waals surface area contributed by atoms with E-state index in [0.29, 0.717) is 5.82 Å². The Bertz CT molecular complexity index is 649. The van der Waals surface area contributed by atoms with Gasteiger partial charge in [-0.15, -0.1) is 0 Å². The Hall–Kier alpha value is -1.59. The first kappa shape index (κ1) is 14.8. The van der Waals surface area contributed by atoms with E-state index >= 15 is 0 Å². The zero-order valence-corrected chi connectivity index (χ0v) is 12.9. The highest BCUT2D eigenvalue weighted by atomic mass is 79.9. The minimum atomic E-state index is -1.14. The highest BCUT2D eigenvalue weighted by Gasteiger charge is 2.13. The van der Waals surface area contributed by atoms with Crippen molar-refractivity contribution in [1.82, 2.24) is 4.98 Å². The van der Waals surface area contributed by atoms with Crippen molar-refractivity contribution in [2.75, 3.05) is 5.32 Å². The summed E-state index contributed by atoms with van der Waals surface area (Å²) < 4.78 is 0.985. The number of carboxylic acids is 1. The highest BCUT2D eigenvalue weighted by Crippen LogP contribution is 2.23. The van der Waals surface area contributed by atoms with E-state index in [1.165, 1.54) is 6.07 Å². The molecule has 4 nitrogen and oxygen atoms in total. The lowest BCUT2D eigenvalue weighted by molar-refractivity contribution is 0.0691. The second kappa shape index (κ2) is 6.24. The van der Waals surface area contributed by atoms with Gasteiger partial charge >= 0.3 is 5.97 Å². The lowest BCUT2D eigenvalue weighted by Gasteiger charge is -2.15. The number of carbonyl (C=O) groups is 1. The van der Waals surface area contributed by atoms with E-state index in [1.54, 1.807) is 6.07 Å². The molecule has 2 rings (SSSR count). The topological polar surface area (TPSA) is 62.2 Å². The third-order valence-electron chi connectivity index (χ3n) is 2.76. The molecule has 0 fully saturated rings. The molecule has 0 aliphatic carbocycles. The molecule has 1 heterocycles. The summed E-state index contributed by atoms with van der Waals surface area (Å²) in [6.07, 6.45) is 0. The van der Waals surface area contributed by atoms with Crippen LogP contribution in [0.3, 0.4) is 0 Å². The fourth-order valence-electron chi connectivity index (χ4n) is 1.75. The Kier molecular flexibility index (Phi) is 4.62. The van der Waals surface area contributed by atoms with Crippen molar-refractivity contribution in [3.05, 3.63) is 57.2 Å². The summed E-state index contributed by atoms with van der Waals surface area (Å²) in [5, 5.41) is 12.3. The second-order valence-electron chi connectivity index (χ2n) is 4.25. The fraction of sp³-hybridized carbons (Fsp3) is 0.143. The fourth-order valence-corrected chi connectivity index (χ4v) is 2.36. The monoisotopic (exact) mass is 354 g/mol. The molecule has 2 N–H and O–H groups in total. The minimum Gasteiger partial charge on any atom is -0.476 e. The molecule has 0 spiro atoms. The zero-order valence-electron chi connectivity index (χ0n) is 10.6. The van der Waals surface area contributed by atoms with Crippen molar-refractivity contribution in [1.29, 1.82) is 0 Å². The molecule has 1 unspecified atom stereocenters. The van der Waals surface area contributed by atoms with Crippen LogP contribution in [0.25, 0.3) is 0 Å². The summed E-state index contributed by atoms with van der Waals surface area (Å²) in [5.41, 5.74) is 0.908. The van der Waals surface area contributed by atoms with Crippen LogP contribution in [0.1, 0.15) is 29.0 Å². The van der Waals surface area contributed by atoms with Crippen molar-refractivity contribution in [2.45, 2.75) is 13.0 Å². The van der Waals surface area contributed by atoms with Crippen LogP contribution in [0, 0.1) is 0 Å². The average Bonchev–Trinajstić information content (AvgIpc) is 2.40. The molecule has 20 heavy (non-hydrogen) atoms. The van der Waals surface area contributed by atoms with Crippen LogP contribution < -0.4 is 5.32 Å². The van der Waals surface area contributed by atoms with Crippen molar-refractivity contribution in [3.8, 4) is 0 Å². The lowest BCUT2D eigenvalue weighted by atomic mass is 10.1. The van der Waals surface area contributed by atoms with Gasteiger partial charge in [0.15, 0.2) is 5.69 Å². The van der Waals surface area contributed by atoms with Gasteiger partial charge in [0.1, 0.15) is 5.82 Å². The summed E-state index contributed by atoms with van der Waals surface area (Å²) in [6, 6.07) is 11.0. The van der Waals surface area contributed by atoms with Gasteiger partial charge in [0.2, 0.25) is 0 Å². The molecule has 0 saturated heterocycles. The van der Waals surface area contributed by atoms with Gasteiger partial charge < -0.3 is 10.4 Å². The molecule has 0 saturated carbocycles. The van der Waals surface area contributed by atoms with E-state index in [9.17, 15) is 4.79 Å². The molecule has 0 bridgehead atoms. The SMILES string of the molecule is CC(Nc1ccc(Cl)c(C(=O)O)n1)c1cccc(Br)c1. The predicted molar refractivity (Wildman–Crippen MR) is 82.4 cm³/mol. The average molecular weight is 356 g/mol. The number of pyridine rings is 1. The number of hydrogen-bond donors (Lipinski definition) is 2. The van der Waals surface area contributed by atoms with Crippen molar-refractivity contribution < 1.29 is 9.90 Å². The number of anilines is 1. The molecule has 1 aromatic carbocycles. The smallest absolute Gasteiger partial charge is 0.356 e. The van der Waals surface area contributed by atoms with Crippen LogP contribution >= 0.6 is 27.5 Å². The molecule has 0 amide bonds. The number of aromatic carboxylic acids is 1. The first-order chi connectivity index (χ1) is 9.47. The molecule has 104 valence electrons. The number of aromatic nitrogens is 1. The van der Waals surface area contributed by atoms with E-state index in [0.717, 1.165) is 10.0 Å². The van der Waals surface area contributed by atoms with Crippen molar-refractivity contribution in [2.24, 2.45) is 0 Å². The first-order valence-electron chi connectivity index (χ1n) is 5.89. The van der Waals surface area contributed by atoms with Crippen LogP contribution in [0.2, 0.25) is 5.02 Å². The molecule has 0 aliphatic heterocycles. The molecule has 6 heteroatoms. The van der Waals surface area contributed by atoms with Crippen LogP contribution in [0.15, 0.2) is 40.9 Å². The summed E-state index contributed by atoms with van der Waals surface area (Å²) >= 11 is 9.21. The second-order valence-corrected chi connectivity index (χ2v) is 5.58. The number of rotatable bonds is 4. The van der Waals surface area contributed by atoms with Crippen molar-refractivity contribution in [3.63, 3.8) is 0 Å². The van der Waals surface area contributed by atoms with E-state index in [-0.39, 0.29) is 16.8 Å². The van der Waals surface area contributed by atoms with E-state index in [1.807, 2.05) is 31.2 Å². The number of hydrogen-bond acceptors (Lipinski definition) is 3. The van der Waals surface area contributed by atoms with Crippen LogP contribution in [-0.4, -0.2) is 16.1 Å². The van der Waals surface area contributed by atoms with Crippen LogP contribution in [-0.2, 0) is 0 Å². The normalized spacial score (nSPS) is 11.9. The van der Waals surface area contributed by atoms with E-state index in [2.05, 4.69) is 26.2 Å². The predicted octanol–water partition coefficient (Wildman–Crippen LogP) is 4.37. The molecule has 1 aromatic heterocycles. The third kappa shape index (κ3) is 3.49. The van der Waals surface area contributed by atoms with Gasteiger partial charge in [-0.25, -0.2) is 9.78 Å². The molecule has 1 atom stereocenters. The molecular formula is C14H12BrClN2O2. The molecule has 0 radical (unpaired) electrons. The van der Waals surface area contributed by atoms with Gasteiger partial charge in [0.25, 0.3) is 0 Å². The molecule has 2 aromatic rings. The van der Waals surface area contributed by atoms with Gasteiger partial charge in [-0.2, -0.15) is 0 Å². The Morgan fingerprint density at radius 2 is 2.15 bits per heavy atom. The highest BCUT2D eigenvalue weighted by molar-refractivity contribution is 9.10. The molecule has 0 aliphatic rings. The van der Waals surface area contributed by atoms with E-state index in [4.69, 9.17) is 16.7 Å². The van der Waals surface area contributed by atoms with E-state index < -0.39 is 5.97 Å². The standard InChI is InChI=1S/C14H12BrClN2O2/c1-8(9-3-2-4-10(15)7-9)17-12-6-5-11(16)13(18-12)14(19)20/h2-8H,1H3,(H,17,18)(H,19,20). The minimum absolute atomic E-state index is 0.0113. The zero-order chi connectivity index (χ0) is 14.7. The summed E-state index contributed by atoms with van der Waals surface area (Å²) in [7, 11) is 0. The maximum Gasteiger partial charge on any atom is 0.356 e. The number of nitrogens with zero attached hydrogens (tertiary/aromatic N) is 1. The Morgan fingerprint density at radius 1 is 1.40 bits per heavy atom. The van der Waals surface area contributed by atoms with Crippen molar-refractivity contribution >= 4 is 39.3 Å². The van der Waals surface area contributed by atoms with Gasteiger partial charge in [-0.1, -0.05) is 39.7 Å². The number of nitrogens with one attached hydrogen (secondary N) is 1. The van der Waals surface area contributed by atoms with Gasteiger partial charge in [0, 0.05) is 10.5 Å². The van der Waals surface area contributed by atoms with Crippen LogP contribution in [0.4, 0.5) is 5.82 Å². The molecular weight excluding hydrogens is 344 g/mol. The largest absolute Gasteiger partial charge is 0.476 e.